The average Bonchev–Trinajstić information content (AvgIpc) is 3.12. The molecule has 6 heteroatoms. The highest BCUT2D eigenvalue weighted by Crippen LogP contribution is 2.41. The first kappa shape index (κ1) is 12.0. The van der Waals surface area contributed by atoms with Crippen LogP contribution in [0.2, 0.25) is 0 Å². The van der Waals surface area contributed by atoms with Crippen molar-refractivity contribution >= 4 is 33.8 Å². The fourth-order valence-corrected chi connectivity index (χ4v) is 2.68. The number of aromatic nitrogens is 1. The van der Waals surface area contributed by atoms with Crippen molar-refractivity contribution in [3.05, 3.63) is 34.8 Å². The summed E-state index contributed by atoms with van der Waals surface area (Å²) in [6.45, 7) is 0. The maximum Gasteiger partial charge on any atom is 0.337 e. The molecule has 0 bridgehead atoms. The highest BCUT2D eigenvalue weighted by atomic mass is 32.1. The Bertz CT molecular complexity index is 635. The Balaban J connectivity index is 1.87. The minimum atomic E-state index is -1.01. The van der Waals surface area contributed by atoms with Gasteiger partial charge in [0.1, 0.15) is 0 Å². The van der Waals surface area contributed by atoms with E-state index in [4.69, 9.17) is 10.8 Å². The van der Waals surface area contributed by atoms with E-state index in [1.807, 2.05) is 5.38 Å². The van der Waals surface area contributed by atoms with Gasteiger partial charge in [0.2, 0.25) is 0 Å². The van der Waals surface area contributed by atoms with Crippen molar-refractivity contribution in [2.45, 2.75) is 18.8 Å². The number of hydrogen-bond acceptors (Lipinski definition) is 5. The van der Waals surface area contributed by atoms with Crippen molar-refractivity contribution in [3.63, 3.8) is 0 Å². The smallest absolute Gasteiger partial charge is 0.337 e. The van der Waals surface area contributed by atoms with Gasteiger partial charge in [-0.2, -0.15) is 0 Å². The molecule has 0 spiro atoms. The number of hydrogen-bond donors (Lipinski definition) is 3. The van der Waals surface area contributed by atoms with Crippen molar-refractivity contribution in [3.8, 4) is 0 Å². The number of anilines is 3. The number of thiazole rings is 1. The highest BCUT2D eigenvalue weighted by Gasteiger charge is 2.26. The fourth-order valence-electron chi connectivity index (χ4n) is 1.87. The van der Waals surface area contributed by atoms with Gasteiger partial charge in [-0.1, -0.05) is 0 Å². The van der Waals surface area contributed by atoms with Gasteiger partial charge < -0.3 is 16.2 Å². The summed E-state index contributed by atoms with van der Waals surface area (Å²) in [4.78, 5) is 15.6. The number of nitrogens with zero attached hydrogens (tertiary/aromatic N) is 1. The van der Waals surface area contributed by atoms with E-state index < -0.39 is 5.97 Å². The number of carboxylic acids is 1. The number of benzene rings is 1. The molecule has 0 radical (unpaired) electrons. The first-order valence-electron chi connectivity index (χ1n) is 5.99. The van der Waals surface area contributed by atoms with Gasteiger partial charge in [-0.3, -0.25) is 0 Å². The summed E-state index contributed by atoms with van der Waals surface area (Å²) in [5, 5.41) is 15.0. The van der Waals surface area contributed by atoms with Crippen LogP contribution in [0.3, 0.4) is 0 Å². The molecular formula is C13H13N3O2S. The van der Waals surface area contributed by atoms with Crippen LogP contribution in [0.15, 0.2) is 23.6 Å². The summed E-state index contributed by atoms with van der Waals surface area (Å²) in [6, 6.07) is 4.78. The fraction of sp³-hybridized carbons (Fsp3) is 0.231. The molecule has 19 heavy (non-hydrogen) atoms. The summed E-state index contributed by atoms with van der Waals surface area (Å²) >= 11 is 1.49. The third kappa shape index (κ3) is 2.53. The van der Waals surface area contributed by atoms with Gasteiger partial charge in [-0.15, -0.1) is 11.3 Å². The van der Waals surface area contributed by atoms with Gasteiger partial charge >= 0.3 is 5.97 Å². The Morgan fingerprint density at radius 1 is 1.47 bits per heavy atom. The standard InChI is InChI=1S/C13H13N3O2S/c14-8-3-4-10(9(5-8)12(17)18)15-13-16-11(6-19-13)7-1-2-7/h3-7H,1-2,14H2,(H,15,16)(H,17,18). The van der Waals surface area contributed by atoms with Crippen LogP contribution in [0.25, 0.3) is 0 Å². The molecule has 2 aromatic rings. The zero-order valence-electron chi connectivity index (χ0n) is 10.1. The lowest BCUT2D eigenvalue weighted by atomic mass is 10.1. The van der Waals surface area contributed by atoms with E-state index >= 15 is 0 Å². The van der Waals surface area contributed by atoms with Crippen molar-refractivity contribution in [2.75, 3.05) is 11.1 Å². The van der Waals surface area contributed by atoms with Crippen LogP contribution < -0.4 is 11.1 Å². The summed E-state index contributed by atoms with van der Waals surface area (Å²) < 4.78 is 0. The topological polar surface area (TPSA) is 88.2 Å². The van der Waals surface area contributed by atoms with Crippen molar-refractivity contribution in [1.82, 2.24) is 4.98 Å². The number of rotatable bonds is 4. The Morgan fingerprint density at radius 3 is 2.95 bits per heavy atom. The second kappa shape index (κ2) is 4.55. The van der Waals surface area contributed by atoms with Gasteiger partial charge in [0.25, 0.3) is 0 Å². The predicted octanol–water partition coefficient (Wildman–Crippen LogP) is 3.04. The number of aromatic carboxylic acids is 1. The molecule has 5 nitrogen and oxygen atoms in total. The lowest BCUT2D eigenvalue weighted by molar-refractivity contribution is 0.0698. The van der Waals surface area contributed by atoms with E-state index in [1.54, 1.807) is 12.1 Å². The molecule has 3 rings (SSSR count). The zero-order chi connectivity index (χ0) is 13.4. The third-order valence-corrected chi connectivity index (χ3v) is 3.81. The number of nitrogen functional groups attached to an aromatic ring is 1. The summed E-state index contributed by atoms with van der Waals surface area (Å²) in [7, 11) is 0. The molecule has 1 aromatic heterocycles. The van der Waals surface area contributed by atoms with Crippen LogP contribution in [0, 0.1) is 0 Å². The molecule has 1 aliphatic rings. The number of nitrogens with one attached hydrogen (secondary N) is 1. The van der Waals surface area contributed by atoms with Crippen LogP contribution in [-0.2, 0) is 0 Å². The van der Waals surface area contributed by atoms with E-state index in [0.29, 0.717) is 22.4 Å². The average molecular weight is 275 g/mol. The Kier molecular flexibility index (Phi) is 2.87. The highest BCUT2D eigenvalue weighted by molar-refractivity contribution is 7.13. The molecular weight excluding hydrogens is 262 g/mol. The molecule has 0 unspecified atom stereocenters. The van der Waals surface area contributed by atoms with Gasteiger partial charge in [-0.05, 0) is 31.0 Å². The normalized spacial score (nSPS) is 14.3. The summed E-state index contributed by atoms with van der Waals surface area (Å²) in [5.74, 6) is -0.411. The van der Waals surface area contributed by atoms with E-state index in [2.05, 4.69) is 10.3 Å². The van der Waals surface area contributed by atoms with E-state index in [1.165, 1.54) is 30.2 Å². The summed E-state index contributed by atoms with van der Waals surface area (Å²) in [5.41, 5.74) is 7.80. The lowest BCUT2D eigenvalue weighted by Crippen LogP contribution is -2.03. The first-order valence-corrected chi connectivity index (χ1v) is 6.86. The molecule has 1 fully saturated rings. The molecule has 4 N–H and O–H groups in total. The number of carboxylic acid groups (broad SMARTS) is 1. The predicted molar refractivity (Wildman–Crippen MR) is 75.2 cm³/mol. The Labute approximate surface area is 114 Å². The van der Waals surface area contributed by atoms with Crippen molar-refractivity contribution in [1.29, 1.82) is 0 Å². The van der Waals surface area contributed by atoms with Crippen molar-refractivity contribution < 1.29 is 9.90 Å². The largest absolute Gasteiger partial charge is 0.478 e. The molecule has 1 aliphatic carbocycles. The first-order chi connectivity index (χ1) is 9.13. The van der Waals surface area contributed by atoms with Crippen LogP contribution in [0.4, 0.5) is 16.5 Å². The Hall–Kier alpha value is -2.08. The minimum absolute atomic E-state index is 0.156. The van der Waals surface area contributed by atoms with E-state index in [-0.39, 0.29) is 5.56 Å². The molecule has 1 aromatic carbocycles. The monoisotopic (exact) mass is 275 g/mol. The van der Waals surface area contributed by atoms with Crippen LogP contribution in [0.1, 0.15) is 34.8 Å². The van der Waals surface area contributed by atoms with Gasteiger partial charge in [0.15, 0.2) is 5.13 Å². The quantitative estimate of drug-likeness (QED) is 0.746. The molecule has 0 aliphatic heterocycles. The van der Waals surface area contributed by atoms with Gasteiger partial charge in [0, 0.05) is 17.0 Å². The van der Waals surface area contributed by atoms with Gasteiger partial charge in [0.05, 0.1) is 16.9 Å². The molecule has 1 heterocycles. The van der Waals surface area contributed by atoms with E-state index in [9.17, 15) is 4.79 Å². The molecule has 0 amide bonds. The van der Waals surface area contributed by atoms with Crippen LogP contribution >= 0.6 is 11.3 Å². The molecule has 0 saturated heterocycles. The summed E-state index contributed by atoms with van der Waals surface area (Å²) in [6.07, 6.45) is 2.40. The maximum atomic E-state index is 11.2. The molecule has 98 valence electrons. The number of nitrogens with two attached hydrogens (primary N) is 1. The van der Waals surface area contributed by atoms with E-state index in [0.717, 1.165) is 5.69 Å². The minimum Gasteiger partial charge on any atom is -0.478 e. The van der Waals surface area contributed by atoms with Crippen LogP contribution in [-0.4, -0.2) is 16.1 Å². The Morgan fingerprint density at radius 2 is 2.26 bits per heavy atom. The van der Waals surface area contributed by atoms with Crippen LogP contribution in [0.5, 0.6) is 0 Å². The van der Waals surface area contributed by atoms with Gasteiger partial charge in [-0.25, -0.2) is 9.78 Å². The number of carbonyl (C=O) groups is 1. The zero-order valence-corrected chi connectivity index (χ0v) is 10.9. The van der Waals surface area contributed by atoms with Crippen molar-refractivity contribution in [2.24, 2.45) is 0 Å². The molecule has 0 atom stereocenters. The maximum absolute atomic E-state index is 11.2. The SMILES string of the molecule is Nc1ccc(Nc2nc(C3CC3)cs2)c(C(=O)O)c1. The third-order valence-electron chi connectivity index (χ3n) is 3.03. The second-order valence-corrected chi connectivity index (χ2v) is 5.45. The lowest BCUT2D eigenvalue weighted by Gasteiger charge is -2.07. The second-order valence-electron chi connectivity index (χ2n) is 4.59. The molecule has 1 saturated carbocycles.